The predicted octanol–water partition coefficient (Wildman–Crippen LogP) is 4.30. The number of carbonyl (C=O) groups is 2. The molecular formula is C25H32N2O5. The van der Waals surface area contributed by atoms with Crippen LogP contribution in [0.15, 0.2) is 59.1 Å². The lowest BCUT2D eigenvalue weighted by atomic mass is 9.67. The van der Waals surface area contributed by atoms with Gasteiger partial charge in [-0.1, -0.05) is 29.8 Å². The van der Waals surface area contributed by atoms with Gasteiger partial charge in [0.25, 0.3) is 5.91 Å². The van der Waals surface area contributed by atoms with E-state index in [1.54, 1.807) is 50.6 Å². The van der Waals surface area contributed by atoms with E-state index in [-0.39, 0.29) is 17.7 Å². The van der Waals surface area contributed by atoms with Crippen LogP contribution < -0.4 is 5.32 Å². The fourth-order valence-corrected chi connectivity index (χ4v) is 4.39. The molecule has 0 saturated carbocycles. The molecule has 2 amide bonds. The van der Waals surface area contributed by atoms with Gasteiger partial charge in [-0.2, -0.15) is 0 Å². The van der Waals surface area contributed by atoms with Crippen LogP contribution in [0.4, 0.5) is 4.79 Å². The van der Waals surface area contributed by atoms with Gasteiger partial charge in [0.1, 0.15) is 5.60 Å². The molecule has 32 heavy (non-hydrogen) atoms. The Morgan fingerprint density at radius 2 is 1.78 bits per heavy atom. The van der Waals surface area contributed by atoms with Gasteiger partial charge in [0.15, 0.2) is 5.79 Å². The molecule has 1 N–H and O–H groups in total. The molecule has 7 heteroatoms. The molecule has 0 unspecified atom stereocenters. The van der Waals surface area contributed by atoms with Crippen LogP contribution >= 0.6 is 0 Å². The van der Waals surface area contributed by atoms with Crippen molar-refractivity contribution < 1.29 is 23.8 Å². The largest absolute Gasteiger partial charge is 0.444 e. The van der Waals surface area contributed by atoms with Gasteiger partial charge in [0.05, 0.1) is 11.8 Å². The number of allylic oxidation sites excluding steroid dienone is 2. The average Bonchev–Trinajstić information content (AvgIpc) is 2.73. The summed E-state index contributed by atoms with van der Waals surface area (Å²) in [5, 5.41) is 2.96. The topological polar surface area (TPSA) is 86.2 Å². The lowest BCUT2D eigenvalue weighted by molar-refractivity contribution is -0.214. The number of alkyl carbamates (subject to hydrolysis) is 1. The van der Waals surface area contributed by atoms with Crippen molar-refractivity contribution in [3.05, 3.63) is 59.7 Å². The molecule has 3 atom stereocenters. The normalized spacial score (nSPS) is 25.6. The summed E-state index contributed by atoms with van der Waals surface area (Å²) in [6, 6.07) is 8.46. The second kappa shape index (κ2) is 9.38. The Morgan fingerprint density at radius 1 is 1.12 bits per heavy atom. The quantitative estimate of drug-likeness (QED) is 0.557. The maximum Gasteiger partial charge on any atom is 0.408 e. The Kier molecular flexibility index (Phi) is 7.00. The van der Waals surface area contributed by atoms with Gasteiger partial charge in [-0.15, -0.1) is 0 Å². The number of carbonyl (C=O) groups excluding carboxylic acids is 2. The highest BCUT2D eigenvalue weighted by Crippen LogP contribution is 2.44. The minimum atomic E-state index is -0.997. The number of benzene rings is 1. The third-order valence-electron chi connectivity index (χ3n) is 5.74. The number of nitrogens with one attached hydrogen (secondary N) is 1. The van der Waals surface area contributed by atoms with Crippen LogP contribution in [0.2, 0.25) is 0 Å². The van der Waals surface area contributed by atoms with Gasteiger partial charge in [-0.25, -0.2) is 9.79 Å². The van der Waals surface area contributed by atoms with E-state index >= 15 is 0 Å². The Morgan fingerprint density at radius 3 is 2.38 bits per heavy atom. The van der Waals surface area contributed by atoms with Crippen molar-refractivity contribution in [3.8, 4) is 0 Å². The summed E-state index contributed by atoms with van der Waals surface area (Å²) >= 11 is 0. The summed E-state index contributed by atoms with van der Waals surface area (Å²) in [5.74, 6) is -1.88. The predicted molar refractivity (Wildman–Crippen MR) is 123 cm³/mol. The maximum absolute atomic E-state index is 12.9. The van der Waals surface area contributed by atoms with Crippen LogP contribution in [-0.2, 0) is 14.2 Å². The van der Waals surface area contributed by atoms with Crippen molar-refractivity contribution >= 4 is 17.7 Å². The minimum absolute atomic E-state index is 0.199. The second-order valence-corrected chi connectivity index (χ2v) is 9.19. The van der Waals surface area contributed by atoms with E-state index in [2.05, 4.69) is 10.3 Å². The number of methoxy groups -OCH3 is 2. The van der Waals surface area contributed by atoms with Crippen LogP contribution in [0.3, 0.4) is 0 Å². The SMILES string of the molecule is COC1(OC)C=CC(=NC(=O)c2ccccc2)[C@H]2[C@@H](NC(=O)OC(C)(C)C)C=C(C)C[C@H]21. The van der Waals surface area contributed by atoms with E-state index in [9.17, 15) is 9.59 Å². The third kappa shape index (κ3) is 5.16. The third-order valence-corrected chi connectivity index (χ3v) is 5.74. The number of ether oxygens (including phenoxy) is 3. The molecule has 7 nitrogen and oxygen atoms in total. The van der Waals surface area contributed by atoms with Crippen molar-refractivity contribution in [2.24, 2.45) is 16.8 Å². The van der Waals surface area contributed by atoms with Crippen molar-refractivity contribution in [1.29, 1.82) is 0 Å². The molecule has 172 valence electrons. The van der Waals surface area contributed by atoms with Gasteiger partial charge in [0.2, 0.25) is 0 Å². The average molecular weight is 441 g/mol. The van der Waals surface area contributed by atoms with E-state index in [0.717, 1.165) is 5.57 Å². The molecule has 1 aromatic carbocycles. The number of aliphatic imine (C=N–C) groups is 1. The Bertz CT molecular complexity index is 939. The number of hydrogen-bond acceptors (Lipinski definition) is 5. The molecule has 3 rings (SSSR count). The highest BCUT2D eigenvalue weighted by molar-refractivity contribution is 6.09. The molecule has 0 aromatic heterocycles. The van der Waals surface area contributed by atoms with Crippen LogP contribution in [0.25, 0.3) is 0 Å². The first kappa shape index (κ1) is 23.9. The van der Waals surface area contributed by atoms with E-state index in [1.165, 1.54) is 0 Å². The van der Waals surface area contributed by atoms with Crippen LogP contribution in [0, 0.1) is 11.8 Å². The molecule has 0 aliphatic heterocycles. The molecule has 0 bridgehead atoms. The van der Waals surface area contributed by atoms with Gasteiger partial charge in [-0.3, -0.25) is 4.79 Å². The summed E-state index contributed by atoms with van der Waals surface area (Å²) in [7, 11) is 3.18. The first-order valence-corrected chi connectivity index (χ1v) is 10.7. The molecule has 0 saturated heterocycles. The van der Waals surface area contributed by atoms with E-state index in [0.29, 0.717) is 17.7 Å². The van der Waals surface area contributed by atoms with Crippen LogP contribution in [0.1, 0.15) is 44.5 Å². The molecular weight excluding hydrogens is 408 g/mol. The summed E-state index contributed by atoms with van der Waals surface area (Å²) < 4.78 is 17.1. The second-order valence-electron chi connectivity index (χ2n) is 9.19. The monoisotopic (exact) mass is 440 g/mol. The fourth-order valence-electron chi connectivity index (χ4n) is 4.39. The zero-order chi connectivity index (χ0) is 23.5. The van der Waals surface area contributed by atoms with Crippen LogP contribution in [-0.4, -0.2) is 49.4 Å². The Balaban J connectivity index is 2.03. The lowest BCUT2D eigenvalue weighted by Gasteiger charge is -2.47. The zero-order valence-electron chi connectivity index (χ0n) is 19.5. The molecule has 0 heterocycles. The molecule has 2 aliphatic rings. The fraction of sp³-hybridized carbons (Fsp3) is 0.480. The summed E-state index contributed by atoms with van der Waals surface area (Å²) in [5.41, 5.74) is 1.51. The van der Waals surface area contributed by atoms with Gasteiger partial charge in [0, 0.05) is 31.6 Å². The molecule has 0 radical (unpaired) electrons. The zero-order valence-corrected chi connectivity index (χ0v) is 19.5. The Hall–Kier alpha value is -2.77. The van der Waals surface area contributed by atoms with E-state index < -0.39 is 23.5 Å². The summed E-state index contributed by atoms with van der Waals surface area (Å²) in [6.45, 7) is 7.44. The minimum Gasteiger partial charge on any atom is -0.444 e. The number of rotatable bonds is 4. The number of hydrogen-bond donors (Lipinski definition) is 1. The molecule has 2 aliphatic carbocycles. The number of fused-ring (bicyclic) bond motifs is 1. The maximum atomic E-state index is 12.9. The van der Waals surface area contributed by atoms with E-state index in [4.69, 9.17) is 14.2 Å². The van der Waals surface area contributed by atoms with Gasteiger partial charge < -0.3 is 19.5 Å². The standard InChI is InChI=1S/C25H32N2O5/c1-16-14-18-21(20(15-16)27-23(29)32-24(2,3)4)19(12-13-25(18,30-5)31-6)26-22(28)17-10-8-7-9-11-17/h7-13,15,18,20-21H,14H2,1-6H3,(H,27,29)/t18-,20+,21+/m1/s1. The van der Waals surface area contributed by atoms with Crippen molar-refractivity contribution in [2.75, 3.05) is 14.2 Å². The summed E-state index contributed by atoms with van der Waals surface area (Å²) in [4.78, 5) is 29.9. The van der Waals surface area contributed by atoms with Gasteiger partial charge in [-0.05, 0) is 58.4 Å². The van der Waals surface area contributed by atoms with Crippen molar-refractivity contribution in [2.45, 2.75) is 51.5 Å². The smallest absolute Gasteiger partial charge is 0.408 e. The lowest BCUT2D eigenvalue weighted by Crippen LogP contribution is -2.57. The first-order valence-electron chi connectivity index (χ1n) is 10.7. The number of nitrogens with zero attached hydrogens (tertiary/aromatic N) is 1. The number of amides is 2. The summed E-state index contributed by atoms with van der Waals surface area (Å²) in [6.07, 6.45) is 5.68. The molecule has 0 spiro atoms. The highest BCUT2D eigenvalue weighted by atomic mass is 16.7. The first-order chi connectivity index (χ1) is 15.1. The van der Waals surface area contributed by atoms with E-state index in [1.807, 2.05) is 39.8 Å². The highest BCUT2D eigenvalue weighted by Gasteiger charge is 2.51. The van der Waals surface area contributed by atoms with Crippen molar-refractivity contribution in [1.82, 2.24) is 5.32 Å². The molecule has 1 aromatic rings. The molecule has 0 fully saturated rings. The van der Waals surface area contributed by atoms with Gasteiger partial charge >= 0.3 is 6.09 Å². The Labute approximate surface area is 189 Å². The van der Waals surface area contributed by atoms with Crippen molar-refractivity contribution in [3.63, 3.8) is 0 Å². The van der Waals surface area contributed by atoms with Crippen LogP contribution in [0.5, 0.6) is 0 Å².